The van der Waals surface area contributed by atoms with E-state index in [0.29, 0.717) is 0 Å². The number of nitrogens with zero attached hydrogens (tertiary/aromatic N) is 1. The molecule has 3 heteroatoms. The second-order valence-corrected chi connectivity index (χ2v) is 7.70. The second-order valence-electron chi connectivity index (χ2n) is 7.70. The van der Waals surface area contributed by atoms with Crippen LogP contribution in [0.1, 0.15) is 0 Å². The minimum atomic E-state index is 0.846. The molecule has 0 radical (unpaired) electrons. The first-order chi connectivity index (χ1) is 15.3. The van der Waals surface area contributed by atoms with Crippen LogP contribution in [0.15, 0.2) is 97.3 Å². The highest BCUT2D eigenvalue weighted by Crippen LogP contribution is 2.42. The van der Waals surface area contributed by atoms with Gasteiger partial charge in [-0.15, -0.1) is 0 Å². The maximum Gasteiger partial charge on any atom is 0.119 e. The van der Waals surface area contributed by atoms with Gasteiger partial charge in [-0.1, -0.05) is 60.7 Å². The normalized spacial score (nSPS) is 11.4. The van der Waals surface area contributed by atoms with E-state index in [2.05, 4.69) is 90.0 Å². The van der Waals surface area contributed by atoms with Gasteiger partial charge >= 0.3 is 0 Å². The lowest BCUT2D eigenvalue weighted by Gasteiger charge is -2.15. The van der Waals surface area contributed by atoms with E-state index < -0.39 is 0 Å². The molecule has 0 fully saturated rings. The van der Waals surface area contributed by atoms with E-state index in [9.17, 15) is 0 Å². The molecule has 0 spiro atoms. The molecule has 0 unspecified atom stereocenters. The average molecular weight is 400 g/mol. The van der Waals surface area contributed by atoms with E-state index >= 15 is 0 Å². The first kappa shape index (κ1) is 17.7. The highest BCUT2D eigenvalue weighted by molar-refractivity contribution is 6.12. The lowest BCUT2D eigenvalue weighted by atomic mass is 9.90. The zero-order valence-electron chi connectivity index (χ0n) is 17.1. The summed E-state index contributed by atoms with van der Waals surface area (Å²) in [5, 5.41) is 5.87. The van der Waals surface area contributed by atoms with Crippen LogP contribution in [0.2, 0.25) is 0 Å². The predicted molar refractivity (Wildman–Crippen MR) is 129 cm³/mol. The third kappa shape index (κ3) is 2.78. The highest BCUT2D eigenvalue weighted by Gasteiger charge is 2.18. The lowest BCUT2D eigenvalue weighted by molar-refractivity contribution is 0.415. The summed E-state index contributed by atoms with van der Waals surface area (Å²) < 4.78 is 5.50. The molecule has 1 N–H and O–H groups in total. The first-order valence-electron chi connectivity index (χ1n) is 10.3. The lowest BCUT2D eigenvalue weighted by Crippen LogP contribution is -1.92. The van der Waals surface area contributed by atoms with Gasteiger partial charge in [-0.25, -0.2) is 0 Å². The van der Waals surface area contributed by atoms with Gasteiger partial charge in [-0.2, -0.15) is 0 Å². The number of hydrogen-bond donors (Lipinski definition) is 1. The van der Waals surface area contributed by atoms with Crippen LogP contribution in [0, 0.1) is 0 Å². The number of aromatic nitrogens is 2. The maximum absolute atomic E-state index is 5.50. The number of H-pyrrole nitrogens is 1. The Morgan fingerprint density at radius 2 is 1.48 bits per heavy atom. The number of aromatic amines is 1. The molecule has 0 bridgehead atoms. The molecular formula is C28H20N2O. The number of rotatable bonds is 3. The van der Waals surface area contributed by atoms with Crippen molar-refractivity contribution in [3.05, 3.63) is 97.3 Å². The molecule has 31 heavy (non-hydrogen) atoms. The Balaban J connectivity index is 1.75. The van der Waals surface area contributed by atoms with Crippen molar-refractivity contribution in [3.8, 4) is 28.1 Å². The van der Waals surface area contributed by atoms with Crippen molar-refractivity contribution in [2.45, 2.75) is 0 Å². The standard InChI is InChI=1S/C28H20N2O/c1-31-20-11-13-26-24(16-20)25(17-30-26)23-12-10-18-6-2-4-8-21(18)27(23)28-22-9-5-3-7-19(22)14-15-29-28/h2-17,30H,1H3. The van der Waals surface area contributed by atoms with Gasteiger partial charge in [0, 0.05) is 39.8 Å². The number of pyridine rings is 1. The van der Waals surface area contributed by atoms with Crippen molar-refractivity contribution in [2.75, 3.05) is 7.11 Å². The average Bonchev–Trinajstić information content (AvgIpc) is 3.26. The Morgan fingerprint density at radius 1 is 0.710 bits per heavy atom. The first-order valence-corrected chi connectivity index (χ1v) is 10.3. The topological polar surface area (TPSA) is 37.9 Å². The molecule has 6 rings (SSSR count). The Kier molecular flexibility index (Phi) is 4.00. The molecule has 6 aromatic rings. The summed E-state index contributed by atoms with van der Waals surface area (Å²) in [5.41, 5.74) is 5.54. The van der Waals surface area contributed by atoms with Crippen LogP contribution >= 0.6 is 0 Å². The summed E-state index contributed by atoms with van der Waals surface area (Å²) >= 11 is 0. The van der Waals surface area contributed by atoms with Crippen LogP contribution in [-0.4, -0.2) is 17.1 Å². The number of fused-ring (bicyclic) bond motifs is 3. The van der Waals surface area contributed by atoms with Gasteiger partial charge in [0.1, 0.15) is 5.75 Å². The van der Waals surface area contributed by atoms with Gasteiger partial charge in [-0.05, 0) is 46.0 Å². The van der Waals surface area contributed by atoms with Gasteiger partial charge in [0.25, 0.3) is 0 Å². The zero-order valence-corrected chi connectivity index (χ0v) is 17.1. The van der Waals surface area contributed by atoms with Gasteiger partial charge in [-0.3, -0.25) is 4.98 Å². The quantitative estimate of drug-likeness (QED) is 0.341. The SMILES string of the molecule is COc1ccc2[nH]cc(-c3ccc4ccccc4c3-c3nccc4ccccc34)c2c1. The Labute approximate surface area is 179 Å². The van der Waals surface area contributed by atoms with Crippen molar-refractivity contribution in [2.24, 2.45) is 0 Å². The summed E-state index contributed by atoms with van der Waals surface area (Å²) in [7, 11) is 1.70. The predicted octanol–water partition coefficient (Wildman–Crippen LogP) is 7.21. The van der Waals surface area contributed by atoms with Gasteiger partial charge in [0.05, 0.1) is 12.8 Å². The van der Waals surface area contributed by atoms with Crippen LogP contribution in [0.25, 0.3) is 54.8 Å². The summed E-state index contributed by atoms with van der Waals surface area (Å²) in [4.78, 5) is 8.30. The van der Waals surface area contributed by atoms with Gasteiger partial charge in [0.2, 0.25) is 0 Å². The second kappa shape index (κ2) is 6.99. The van der Waals surface area contributed by atoms with E-state index in [4.69, 9.17) is 9.72 Å². The van der Waals surface area contributed by atoms with Crippen LogP contribution in [0.4, 0.5) is 0 Å². The number of methoxy groups -OCH3 is 1. The van der Waals surface area contributed by atoms with E-state index in [1.165, 1.54) is 16.2 Å². The van der Waals surface area contributed by atoms with Crippen molar-refractivity contribution >= 4 is 32.4 Å². The summed E-state index contributed by atoms with van der Waals surface area (Å²) in [6, 6.07) is 29.6. The third-order valence-electron chi connectivity index (χ3n) is 6.02. The molecular weight excluding hydrogens is 380 g/mol. The molecule has 0 aliphatic rings. The largest absolute Gasteiger partial charge is 0.497 e. The molecule has 0 atom stereocenters. The maximum atomic E-state index is 5.50. The monoisotopic (exact) mass is 400 g/mol. The Hall–Kier alpha value is -4.11. The van der Waals surface area contributed by atoms with Gasteiger partial charge in [0.15, 0.2) is 0 Å². The molecule has 0 aliphatic carbocycles. The molecule has 0 saturated carbocycles. The minimum absolute atomic E-state index is 0.846. The van der Waals surface area contributed by atoms with Crippen LogP contribution in [0.5, 0.6) is 5.75 Å². The molecule has 2 aromatic heterocycles. The molecule has 0 amide bonds. The molecule has 0 aliphatic heterocycles. The number of ether oxygens (including phenoxy) is 1. The van der Waals surface area contributed by atoms with Crippen LogP contribution in [0.3, 0.4) is 0 Å². The number of nitrogens with one attached hydrogen (secondary N) is 1. The summed E-state index contributed by atoms with van der Waals surface area (Å²) in [6.07, 6.45) is 3.99. The Morgan fingerprint density at radius 3 is 2.32 bits per heavy atom. The summed E-state index contributed by atoms with van der Waals surface area (Å²) in [6.45, 7) is 0. The van der Waals surface area contributed by atoms with E-state index in [0.717, 1.165) is 44.4 Å². The zero-order chi connectivity index (χ0) is 20.8. The smallest absolute Gasteiger partial charge is 0.119 e. The van der Waals surface area contributed by atoms with Gasteiger partial charge < -0.3 is 9.72 Å². The molecule has 148 valence electrons. The van der Waals surface area contributed by atoms with E-state index in [1.807, 2.05) is 12.3 Å². The van der Waals surface area contributed by atoms with Crippen molar-refractivity contribution in [3.63, 3.8) is 0 Å². The number of benzene rings is 4. The van der Waals surface area contributed by atoms with Crippen LogP contribution < -0.4 is 4.74 Å². The van der Waals surface area contributed by atoms with Crippen molar-refractivity contribution < 1.29 is 4.74 Å². The molecule has 4 aromatic carbocycles. The fourth-order valence-corrected chi connectivity index (χ4v) is 4.52. The van der Waals surface area contributed by atoms with Crippen molar-refractivity contribution in [1.29, 1.82) is 0 Å². The highest BCUT2D eigenvalue weighted by atomic mass is 16.5. The van der Waals surface area contributed by atoms with E-state index in [-0.39, 0.29) is 0 Å². The molecule has 3 nitrogen and oxygen atoms in total. The Bertz CT molecular complexity index is 1570. The summed E-state index contributed by atoms with van der Waals surface area (Å²) in [5.74, 6) is 0.846. The fraction of sp³-hybridized carbons (Fsp3) is 0.0357. The minimum Gasteiger partial charge on any atom is -0.497 e. The van der Waals surface area contributed by atoms with Crippen LogP contribution in [-0.2, 0) is 0 Å². The fourth-order valence-electron chi connectivity index (χ4n) is 4.52. The number of hydrogen-bond acceptors (Lipinski definition) is 2. The molecule has 0 saturated heterocycles. The third-order valence-corrected chi connectivity index (χ3v) is 6.02. The molecule has 2 heterocycles. The van der Waals surface area contributed by atoms with Crippen molar-refractivity contribution in [1.82, 2.24) is 9.97 Å². The van der Waals surface area contributed by atoms with E-state index in [1.54, 1.807) is 7.11 Å².